The maximum atomic E-state index is 12.8. The highest BCUT2D eigenvalue weighted by Crippen LogP contribution is 2.29. The van der Waals surface area contributed by atoms with Crippen LogP contribution < -0.4 is 10.9 Å². The van der Waals surface area contributed by atoms with Crippen molar-refractivity contribution in [1.82, 2.24) is 19.7 Å². The second-order valence-electron chi connectivity index (χ2n) is 5.49. The van der Waals surface area contributed by atoms with Gasteiger partial charge in [0, 0.05) is 23.5 Å². The summed E-state index contributed by atoms with van der Waals surface area (Å²) in [7, 11) is 0. The lowest BCUT2D eigenvalue weighted by molar-refractivity contribution is 0.102. The first kappa shape index (κ1) is 17.3. The Morgan fingerprint density at radius 1 is 1.26 bits per heavy atom. The summed E-state index contributed by atoms with van der Waals surface area (Å²) >= 11 is 2.55. The van der Waals surface area contributed by atoms with Crippen molar-refractivity contribution in [2.45, 2.75) is 13.5 Å². The molecule has 0 radical (unpaired) electrons. The van der Waals surface area contributed by atoms with E-state index in [2.05, 4.69) is 20.5 Å². The van der Waals surface area contributed by atoms with Crippen molar-refractivity contribution in [2.75, 3.05) is 5.32 Å². The van der Waals surface area contributed by atoms with Gasteiger partial charge in [-0.05, 0) is 19.1 Å². The Balaban J connectivity index is 1.74. The van der Waals surface area contributed by atoms with Gasteiger partial charge in [0.05, 0.1) is 5.52 Å². The van der Waals surface area contributed by atoms with Crippen molar-refractivity contribution < 1.29 is 9.90 Å². The minimum Gasteiger partial charge on any atom is -0.506 e. The van der Waals surface area contributed by atoms with Crippen LogP contribution in [-0.2, 0) is 6.54 Å². The number of para-hydroxylation sites is 1. The first-order chi connectivity index (χ1) is 13.1. The molecule has 0 aliphatic heterocycles. The molecule has 4 aromatic rings. The van der Waals surface area contributed by atoms with Gasteiger partial charge in [-0.1, -0.05) is 23.5 Å². The Hall–Kier alpha value is -3.11. The van der Waals surface area contributed by atoms with Crippen molar-refractivity contribution in [1.29, 1.82) is 0 Å². The average molecular weight is 399 g/mol. The molecule has 3 aromatic heterocycles. The highest BCUT2D eigenvalue weighted by atomic mass is 32.1. The summed E-state index contributed by atoms with van der Waals surface area (Å²) in [6.07, 6.45) is 1.65. The lowest BCUT2D eigenvalue weighted by Crippen LogP contribution is -2.29. The van der Waals surface area contributed by atoms with Crippen molar-refractivity contribution in [3.8, 4) is 15.8 Å². The third kappa shape index (κ3) is 2.98. The molecule has 0 spiro atoms. The molecule has 3 heterocycles. The van der Waals surface area contributed by atoms with Crippen LogP contribution in [0.5, 0.6) is 5.75 Å². The van der Waals surface area contributed by atoms with E-state index in [-0.39, 0.29) is 16.4 Å². The summed E-state index contributed by atoms with van der Waals surface area (Å²) in [5.41, 5.74) is -0.307. The van der Waals surface area contributed by atoms with E-state index in [9.17, 15) is 14.7 Å². The lowest BCUT2D eigenvalue weighted by Gasteiger charge is -2.12. The highest BCUT2D eigenvalue weighted by Gasteiger charge is 2.23. The number of hydrogen-bond acceptors (Lipinski definition) is 8. The number of fused-ring (bicyclic) bond motifs is 1. The van der Waals surface area contributed by atoms with Gasteiger partial charge in [-0.2, -0.15) is 0 Å². The number of carbonyl (C=O) groups is 1. The van der Waals surface area contributed by atoms with E-state index in [0.29, 0.717) is 27.5 Å². The normalized spacial score (nSPS) is 11.0. The summed E-state index contributed by atoms with van der Waals surface area (Å²) in [5, 5.41) is 24.7. The number of rotatable bonds is 4. The van der Waals surface area contributed by atoms with E-state index in [1.54, 1.807) is 37.4 Å². The number of nitrogens with zero attached hydrogens (tertiary/aromatic N) is 4. The maximum Gasteiger partial charge on any atom is 0.267 e. The fourth-order valence-electron chi connectivity index (χ4n) is 2.76. The standard InChI is InChI=1S/C17H13N5O3S2/c1-2-22-10-6-4-3-5-9(10)12(23)11(16(22)25)13(24)19-17-21-20-15(27-17)14-18-7-8-26-14/h3-8,23H,2H2,1H3,(H,19,21,24). The number of benzene rings is 1. The molecule has 0 saturated carbocycles. The molecule has 8 nitrogen and oxygen atoms in total. The molecule has 2 N–H and O–H groups in total. The molecule has 4 rings (SSSR count). The SMILES string of the molecule is CCn1c(=O)c(C(=O)Nc2nnc(-c3nccs3)s2)c(O)c2ccccc21. The Labute approximate surface area is 160 Å². The van der Waals surface area contributed by atoms with Gasteiger partial charge in [0.25, 0.3) is 11.5 Å². The Bertz CT molecular complexity index is 1200. The van der Waals surface area contributed by atoms with Crippen LogP contribution in [0, 0.1) is 0 Å². The van der Waals surface area contributed by atoms with Crippen LogP contribution in [0.3, 0.4) is 0 Å². The molecule has 0 unspecified atom stereocenters. The largest absolute Gasteiger partial charge is 0.506 e. The van der Waals surface area contributed by atoms with Gasteiger partial charge in [0.15, 0.2) is 10.0 Å². The highest BCUT2D eigenvalue weighted by molar-refractivity contribution is 7.22. The van der Waals surface area contributed by atoms with Gasteiger partial charge in [-0.15, -0.1) is 21.5 Å². The van der Waals surface area contributed by atoms with Crippen molar-refractivity contribution >= 4 is 44.6 Å². The monoisotopic (exact) mass is 399 g/mol. The summed E-state index contributed by atoms with van der Waals surface area (Å²) in [5.74, 6) is -1.07. The molecule has 136 valence electrons. The topological polar surface area (TPSA) is 110 Å². The minimum absolute atomic E-state index is 0.222. The Morgan fingerprint density at radius 2 is 2.07 bits per heavy atom. The molecule has 10 heteroatoms. The predicted molar refractivity (Wildman–Crippen MR) is 105 cm³/mol. The number of thiazole rings is 1. The van der Waals surface area contributed by atoms with Gasteiger partial charge in [0.1, 0.15) is 11.3 Å². The molecule has 0 fully saturated rings. The maximum absolute atomic E-state index is 12.8. The van der Waals surface area contributed by atoms with Crippen molar-refractivity contribution in [3.05, 3.63) is 51.8 Å². The Kier molecular flexibility index (Phi) is 4.42. The third-order valence-electron chi connectivity index (χ3n) is 3.95. The zero-order chi connectivity index (χ0) is 19.0. The van der Waals surface area contributed by atoms with Gasteiger partial charge in [-0.25, -0.2) is 4.98 Å². The zero-order valence-electron chi connectivity index (χ0n) is 14.0. The predicted octanol–water partition coefficient (Wildman–Crippen LogP) is 2.95. The quantitative estimate of drug-likeness (QED) is 0.546. The smallest absolute Gasteiger partial charge is 0.267 e. The molecule has 0 aliphatic carbocycles. The zero-order valence-corrected chi connectivity index (χ0v) is 15.7. The van der Waals surface area contributed by atoms with E-state index in [1.165, 1.54) is 15.9 Å². The van der Waals surface area contributed by atoms with E-state index in [4.69, 9.17) is 0 Å². The molecule has 0 aliphatic rings. The number of anilines is 1. The first-order valence-electron chi connectivity index (χ1n) is 7.99. The van der Waals surface area contributed by atoms with Crippen LogP contribution in [0.25, 0.3) is 20.9 Å². The van der Waals surface area contributed by atoms with Crippen LogP contribution in [0.15, 0.2) is 40.6 Å². The summed E-state index contributed by atoms with van der Waals surface area (Å²) < 4.78 is 1.45. The molecule has 0 atom stereocenters. The fraction of sp³-hybridized carbons (Fsp3) is 0.118. The summed E-state index contributed by atoms with van der Waals surface area (Å²) in [6.45, 7) is 2.17. The number of pyridine rings is 1. The average Bonchev–Trinajstić information content (AvgIpc) is 3.34. The molecular formula is C17H13N5O3S2. The number of hydrogen-bond donors (Lipinski definition) is 2. The van der Waals surface area contributed by atoms with Gasteiger partial charge in [0.2, 0.25) is 5.13 Å². The van der Waals surface area contributed by atoms with Crippen LogP contribution in [-0.4, -0.2) is 30.8 Å². The summed E-state index contributed by atoms with van der Waals surface area (Å²) in [4.78, 5) is 29.6. The number of amides is 1. The van der Waals surface area contributed by atoms with Gasteiger partial charge in [-0.3, -0.25) is 14.9 Å². The lowest BCUT2D eigenvalue weighted by atomic mass is 10.1. The molecular weight excluding hydrogens is 386 g/mol. The van der Waals surface area contributed by atoms with Crippen LogP contribution in [0.2, 0.25) is 0 Å². The second-order valence-corrected chi connectivity index (χ2v) is 7.37. The van der Waals surface area contributed by atoms with Crippen molar-refractivity contribution in [3.63, 3.8) is 0 Å². The van der Waals surface area contributed by atoms with Gasteiger partial charge >= 0.3 is 0 Å². The molecule has 1 aromatic carbocycles. The van der Waals surface area contributed by atoms with E-state index in [0.717, 1.165) is 11.3 Å². The first-order valence-corrected chi connectivity index (χ1v) is 9.69. The fourth-order valence-corrected chi connectivity index (χ4v) is 4.17. The number of aromatic hydroxyl groups is 1. The third-order valence-corrected chi connectivity index (χ3v) is 5.70. The van der Waals surface area contributed by atoms with E-state index >= 15 is 0 Å². The number of aryl methyl sites for hydroxylation is 1. The van der Waals surface area contributed by atoms with E-state index < -0.39 is 11.5 Å². The van der Waals surface area contributed by atoms with Gasteiger partial charge < -0.3 is 9.67 Å². The minimum atomic E-state index is -0.729. The van der Waals surface area contributed by atoms with Crippen LogP contribution in [0.4, 0.5) is 5.13 Å². The van der Waals surface area contributed by atoms with Crippen LogP contribution in [0.1, 0.15) is 17.3 Å². The number of carbonyl (C=O) groups excluding carboxylic acids is 1. The molecule has 1 amide bonds. The molecule has 0 bridgehead atoms. The van der Waals surface area contributed by atoms with E-state index in [1.807, 2.05) is 5.38 Å². The molecule has 0 saturated heterocycles. The van der Waals surface area contributed by atoms with Crippen LogP contribution >= 0.6 is 22.7 Å². The number of aromatic nitrogens is 4. The van der Waals surface area contributed by atoms with Crippen molar-refractivity contribution in [2.24, 2.45) is 0 Å². The summed E-state index contributed by atoms with van der Waals surface area (Å²) in [6, 6.07) is 6.90. The Morgan fingerprint density at radius 3 is 2.81 bits per heavy atom. The molecule has 27 heavy (non-hydrogen) atoms. The second kappa shape index (κ2) is 6.89. The number of nitrogens with one attached hydrogen (secondary N) is 1.